The number of carbonyl (C=O) groups is 1. The molecule has 26 heavy (non-hydrogen) atoms. The highest BCUT2D eigenvalue weighted by Crippen LogP contribution is 2.23. The van der Waals surface area contributed by atoms with Crippen molar-refractivity contribution in [1.29, 1.82) is 0 Å². The highest BCUT2D eigenvalue weighted by Gasteiger charge is 2.20. The Hall–Kier alpha value is -2.73. The van der Waals surface area contributed by atoms with Gasteiger partial charge in [0.15, 0.2) is 0 Å². The summed E-state index contributed by atoms with van der Waals surface area (Å²) in [7, 11) is 1.56. The Bertz CT molecular complexity index is 876. The van der Waals surface area contributed by atoms with Gasteiger partial charge in [-0.25, -0.2) is 8.78 Å². The Morgan fingerprint density at radius 3 is 2.42 bits per heavy atom. The first-order chi connectivity index (χ1) is 12.6. The molecule has 0 fully saturated rings. The molecule has 3 nitrogen and oxygen atoms in total. The fourth-order valence-corrected chi connectivity index (χ4v) is 3.41. The molecule has 0 spiro atoms. The van der Waals surface area contributed by atoms with Crippen LogP contribution >= 0.6 is 11.3 Å². The minimum atomic E-state index is -0.776. The summed E-state index contributed by atoms with van der Waals surface area (Å²) >= 11 is 1.52. The van der Waals surface area contributed by atoms with Crippen molar-refractivity contribution in [2.75, 3.05) is 7.11 Å². The first-order valence-corrected chi connectivity index (χ1v) is 8.84. The van der Waals surface area contributed by atoms with E-state index in [1.54, 1.807) is 12.0 Å². The van der Waals surface area contributed by atoms with Gasteiger partial charge in [0, 0.05) is 22.1 Å². The third-order valence-corrected chi connectivity index (χ3v) is 4.74. The van der Waals surface area contributed by atoms with Crippen LogP contribution in [0.4, 0.5) is 8.78 Å². The van der Waals surface area contributed by atoms with E-state index in [4.69, 9.17) is 4.74 Å². The summed E-state index contributed by atoms with van der Waals surface area (Å²) in [6.07, 6.45) is 0. The molecule has 1 amide bonds. The zero-order chi connectivity index (χ0) is 18.5. The number of methoxy groups -OCH3 is 1. The number of ether oxygens (including phenoxy) is 1. The lowest BCUT2D eigenvalue weighted by Crippen LogP contribution is -2.30. The normalized spacial score (nSPS) is 10.6. The van der Waals surface area contributed by atoms with Crippen LogP contribution in [-0.4, -0.2) is 17.9 Å². The predicted octanol–water partition coefficient (Wildman–Crippen LogP) is 4.88. The van der Waals surface area contributed by atoms with Gasteiger partial charge < -0.3 is 9.64 Å². The van der Waals surface area contributed by atoms with E-state index in [1.807, 2.05) is 41.8 Å². The molecule has 0 saturated carbocycles. The van der Waals surface area contributed by atoms with E-state index in [1.165, 1.54) is 11.3 Å². The second-order valence-electron chi connectivity index (χ2n) is 5.71. The van der Waals surface area contributed by atoms with Crippen LogP contribution in [0.5, 0.6) is 5.75 Å². The van der Waals surface area contributed by atoms with Crippen molar-refractivity contribution in [3.63, 3.8) is 0 Å². The first kappa shape index (κ1) is 18.1. The van der Waals surface area contributed by atoms with E-state index in [0.29, 0.717) is 12.3 Å². The van der Waals surface area contributed by atoms with Crippen molar-refractivity contribution >= 4 is 17.2 Å². The number of hydrogen-bond acceptors (Lipinski definition) is 3. The lowest BCUT2D eigenvalue weighted by atomic mass is 10.1. The molecule has 0 bridgehead atoms. The monoisotopic (exact) mass is 373 g/mol. The van der Waals surface area contributed by atoms with E-state index < -0.39 is 17.5 Å². The highest BCUT2D eigenvalue weighted by molar-refractivity contribution is 7.09. The smallest absolute Gasteiger partial charge is 0.254 e. The molecule has 0 radical (unpaired) electrons. The summed E-state index contributed by atoms with van der Waals surface area (Å²) in [5, 5.41) is 1.92. The van der Waals surface area contributed by atoms with Crippen LogP contribution in [0.15, 0.2) is 60.0 Å². The van der Waals surface area contributed by atoms with Crippen LogP contribution in [-0.2, 0) is 13.1 Å². The number of nitrogens with zero attached hydrogens (tertiary/aromatic N) is 1. The number of halogens is 2. The largest absolute Gasteiger partial charge is 0.496 e. The summed E-state index contributed by atoms with van der Waals surface area (Å²) < 4.78 is 32.4. The standard InChI is InChI=1S/C20H17F2NO2S/c1-25-19-7-3-2-5-14(19)12-23(13-18-6-4-8-26-18)20(24)15-9-16(21)11-17(22)10-15/h2-11H,12-13H2,1H3. The Morgan fingerprint density at radius 1 is 1.04 bits per heavy atom. The number of benzene rings is 2. The zero-order valence-corrected chi connectivity index (χ0v) is 14.9. The summed E-state index contributed by atoms with van der Waals surface area (Å²) in [5.41, 5.74) is 0.797. The quantitative estimate of drug-likeness (QED) is 0.616. The molecule has 0 aliphatic rings. The maximum absolute atomic E-state index is 13.5. The fraction of sp³-hybridized carbons (Fsp3) is 0.150. The molecule has 0 aliphatic carbocycles. The van der Waals surface area contributed by atoms with Gasteiger partial charge >= 0.3 is 0 Å². The first-order valence-electron chi connectivity index (χ1n) is 7.96. The molecule has 0 aliphatic heterocycles. The second kappa shape index (κ2) is 8.10. The van der Waals surface area contributed by atoms with Gasteiger partial charge in [0.05, 0.1) is 20.2 Å². The molecule has 0 N–H and O–H groups in total. The van der Waals surface area contributed by atoms with E-state index in [2.05, 4.69) is 0 Å². The lowest BCUT2D eigenvalue weighted by molar-refractivity contribution is 0.0729. The maximum Gasteiger partial charge on any atom is 0.254 e. The number of amides is 1. The van der Waals surface area contributed by atoms with Gasteiger partial charge in [0.25, 0.3) is 5.91 Å². The molecule has 3 rings (SSSR count). The summed E-state index contributed by atoms with van der Waals surface area (Å²) in [6.45, 7) is 0.603. The number of para-hydroxylation sites is 1. The van der Waals surface area contributed by atoms with Crippen molar-refractivity contribution < 1.29 is 18.3 Å². The molecular formula is C20H17F2NO2S. The van der Waals surface area contributed by atoms with Crippen LogP contribution < -0.4 is 4.74 Å². The zero-order valence-electron chi connectivity index (χ0n) is 14.1. The summed E-state index contributed by atoms with van der Waals surface area (Å²) in [5.74, 6) is -1.34. The highest BCUT2D eigenvalue weighted by atomic mass is 32.1. The molecule has 134 valence electrons. The number of thiophene rings is 1. The second-order valence-corrected chi connectivity index (χ2v) is 6.74. The number of hydrogen-bond donors (Lipinski definition) is 0. The van der Waals surface area contributed by atoms with Crippen LogP contribution in [0.25, 0.3) is 0 Å². The Labute approximate surface area is 154 Å². The topological polar surface area (TPSA) is 29.5 Å². The Morgan fingerprint density at radius 2 is 1.77 bits per heavy atom. The van der Waals surface area contributed by atoms with E-state index in [9.17, 15) is 13.6 Å². The number of rotatable bonds is 6. The molecule has 0 atom stereocenters. The van der Waals surface area contributed by atoms with E-state index in [0.717, 1.165) is 28.6 Å². The maximum atomic E-state index is 13.5. The lowest BCUT2D eigenvalue weighted by Gasteiger charge is -2.23. The van der Waals surface area contributed by atoms with Gasteiger partial charge in [-0.1, -0.05) is 24.3 Å². The minimum Gasteiger partial charge on any atom is -0.496 e. The molecule has 2 aromatic carbocycles. The van der Waals surface area contributed by atoms with Gasteiger partial charge in [0.1, 0.15) is 17.4 Å². The summed E-state index contributed by atoms with van der Waals surface area (Å²) in [4.78, 5) is 15.5. The molecule has 3 aromatic rings. The molecule has 0 unspecified atom stereocenters. The summed E-state index contributed by atoms with van der Waals surface area (Å²) in [6, 6.07) is 14.0. The van der Waals surface area contributed by atoms with Crippen LogP contribution in [0, 0.1) is 11.6 Å². The predicted molar refractivity (Wildman–Crippen MR) is 97.2 cm³/mol. The SMILES string of the molecule is COc1ccccc1CN(Cc1cccs1)C(=O)c1cc(F)cc(F)c1. The fourth-order valence-electron chi connectivity index (χ4n) is 2.69. The van der Waals surface area contributed by atoms with Crippen molar-refractivity contribution in [1.82, 2.24) is 4.90 Å². The molecule has 1 aromatic heterocycles. The van der Waals surface area contributed by atoms with Gasteiger partial charge in [-0.15, -0.1) is 11.3 Å². The van der Waals surface area contributed by atoms with Crippen LogP contribution in [0.1, 0.15) is 20.8 Å². The van der Waals surface area contributed by atoms with Crippen molar-refractivity contribution in [2.45, 2.75) is 13.1 Å². The van der Waals surface area contributed by atoms with E-state index >= 15 is 0 Å². The average molecular weight is 373 g/mol. The van der Waals surface area contributed by atoms with Gasteiger partial charge in [-0.3, -0.25) is 4.79 Å². The Balaban J connectivity index is 1.93. The number of carbonyl (C=O) groups excluding carboxylic acids is 1. The average Bonchev–Trinajstić information content (AvgIpc) is 3.13. The molecule has 1 heterocycles. The van der Waals surface area contributed by atoms with Gasteiger partial charge in [-0.2, -0.15) is 0 Å². The van der Waals surface area contributed by atoms with Crippen molar-refractivity contribution in [3.05, 3.63) is 87.6 Å². The van der Waals surface area contributed by atoms with Gasteiger partial charge in [0.2, 0.25) is 0 Å². The third kappa shape index (κ3) is 4.26. The van der Waals surface area contributed by atoms with Crippen LogP contribution in [0.3, 0.4) is 0 Å². The molecule has 0 saturated heterocycles. The minimum absolute atomic E-state index is 0.0195. The van der Waals surface area contributed by atoms with Gasteiger partial charge in [-0.05, 0) is 29.6 Å². The van der Waals surface area contributed by atoms with Crippen molar-refractivity contribution in [2.24, 2.45) is 0 Å². The van der Waals surface area contributed by atoms with Crippen LogP contribution in [0.2, 0.25) is 0 Å². The Kier molecular flexibility index (Phi) is 5.63. The third-order valence-electron chi connectivity index (χ3n) is 3.88. The van der Waals surface area contributed by atoms with E-state index in [-0.39, 0.29) is 12.1 Å². The molecule has 6 heteroatoms. The molecular weight excluding hydrogens is 356 g/mol. The van der Waals surface area contributed by atoms with Crippen molar-refractivity contribution in [3.8, 4) is 5.75 Å².